The van der Waals surface area contributed by atoms with Crippen molar-refractivity contribution in [2.24, 2.45) is 5.92 Å². The minimum absolute atomic E-state index is 0.0425. The molecule has 2 heterocycles. The first kappa shape index (κ1) is 23.0. The quantitative estimate of drug-likeness (QED) is 0.482. The summed E-state index contributed by atoms with van der Waals surface area (Å²) in [5, 5.41) is 2.76. The Bertz CT molecular complexity index is 1160. The molecule has 1 aromatic carbocycles. The molecule has 0 saturated heterocycles. The van der Waals surface area contributed by atoms with Gasteiger partial charge in [-0.1, -0.05) is 19.3 Å². The van der Waals surface area contributed by atoms with E-state index in [0.29, 0.717) is 35.4 Å². The lowest BCUT2D eigenvalue weighted by Crippen LogP contribution is -2.23. The lowest BCUT2D eigenvalue weighted by atomic mass is 9.90. The summed E-state index contributed by atoms with van der Waals surface area (Å²) in [6.45, 7) is 0.646. The van der Waals surface area contributed by atoms with Gasteiger partial charge in [-0.25, -0.2) is 18.1 Å². The number of nitrogens with one attached hydrogen (secondary N) is 2. The van der Waals surface area contributed by atoms with Crippen molar-refractivity contribution in [2.75, 3.05) is 11.9 Å². The normalized spacial score (nSPS) is 14.7. The highest BCUT2D eigenvalue weighted by Crippen LogP contribution is 2.27. The molecule has 3 aromatic rings. The minimum Gasteiger partial charge on any atom is -0.489 e. The fourth-order valence-electron chi connectivity index (χ4n) is 3.79. The van der Waals surface area contributed by atoms with Crippen molar-refractivity contribution in [3.63, 3.8) is 0 Å². The van der Waals surface area contributed by atoms with Gasteiger partial charge in [0.1, 0.15) is 5.76 Å². The van der Waals surface area contributed by atoms with E-state index in [1.807, 2.05) is 0 Å². The van der Waals surface area contributed by atoms with Crippen LogP contribution in [0, 0.1) is 5.92 Å². The maximum Gasteiger partial charge on any atom is 0.256 e. The Labute approximate surface area is 193 Å². The highest BCUT2D eigenvalue weighted by atomic mass is 32.2. The summed E-state index contributed by atoms with van der Waals surface area (Å²) in [5.74, 6) is 1.50. The molecule has 1 amide bonds. The number of rotatable bonds is 9. The van der Waals surface area contributed by atoms with Gasteiger partial charge in [-0.3, -0.25) is 4.79 Å². The Morgan fingerprint density at radius 1 is 1.06 bits per heavy atom. The molecule has 0 atom stereocenters. The molecule has 8 nitrogen and oxygen atoms in total. The van der Waals surface area contributed by atoms with Crippen LogP contribution in [0.25, 0.3) is 0 Å². The summed E-state index contributed by atoms with van der Waals surface area (Å²) in [7, 11) is -3.74. The predicted octanol–water partition coefficient (Wildman–Crippen LogP) is 4.36. The molecule has 0 unspecified atom stereocenters. The van der Waals surface area contributed by atoms with E-state index >= 15 is 0 Å². The van der Waals surface area contributed by atoms with Gasteiger partial charge in [-0.05, 0) is 67.3 Å². The Balaban J connectivity index is 1.37. The number of ether oxygens (including phenoxy) is 1. The lowest BCUT2D eigenvalue weighted by molar-refractivity contribution is 0.102. The molecule has 33 heavy (non-hydrogen) atoms. The molecule has 2 aromatic heterocycles. The van der Waals surface area contributed by atoms with E-state index in [2.05, 4.69) is 15.0 Å². The first-order valence-corrected chi connectivity index (χ1v) is 12.5. The third-order valence-corrected chi connectivity index (χ3v) is 7.06. The van der Waals surface area contributed by atoms with Gasteiger partial charge < -0.3 is 14.5 Å². The Morgan fingerprint density at radius 3 is 2.58 bits per heavy atom. The number of pyridine rings is 1. The van der Waals surface area contributed by atoms with Crippen LogP contribution >= 0.6 is 0 Å². The summed E-state index contributed by atoms with van der Waals surface area (Å²) >= 11 is 0. The van der Waals surface area contributed by atoms with Gasteiger partial charge in [-0.15, -0.1) is 0 Å². The van der Waals surface area contributed by atoms with Crippen LogP contribution in [0.15, 0.2) is 70.3 Å². The highest BCUT2D eigenvalue weighted by molar-refractivity contribution is 7.89. The number of amides is 1. The Morgan fingerprint density at radius 2 is 1.85 bits per heavy atom. The van der Waals surface area contributed by atoms with E-state index in [4.69, 9.17) is 9.15 Å². The maximum absolute atomic E-state index is 12.7. The number of benzene rings is 1. The zero-order valence-corrected chi connectivity index (χ0v) is 19.0. The van der Waals surface area contributed by atoms with E-state index in [1.165, 1.54) is 49.8 Å². The fourth-order valence-corrected chi connectivity index (χ4v) is 4.78. The molecule has 1 saturated carbocycles. The van der Waals surface area contributed by atoms with E-state index in [-0.39, 0.29) is 11.4 Å². The summed E-state index contributed by atoms with van der Waals surface area (Å²) in [5.41, 5.74) is 0.309. The monoisotopic (exact) mass is 469 g/mol. The molecular formula is C24H27N3O5S. The SMILES string of the molecule is O=C(Nc1ncccc1OCC1CCCCC1)c1ccc(S(=O)(=O)NCc2ccco2)cc1. The summed E-state index contributed by atoms with van der Waals surface area (Å²) < 4.78 is 38.5. The van der Waals surface area contributed by atoms with E-state index < -0.39 is 15.9 Å². The van der Waals surface area contributed by atoms with Gasteiger partial charge in [0.2, 0.25) is 10.0 Å². The van der Waals surface area contributed by atoms with Crippen molar-refractivity contribution in [3.8, 4) is 5.75 Å². The summed E-state index contributed by atoms with van der Waals surface area (Å²) in [4.78, 5) is 17.0. The number of carbonyl (C=O) groups excluding carboxylic acids is 1. The Kier molecular flexibility index (Phi) is 7.41. The smallest absolute Gasteiger partial charge is 0.256 e. The second-order valence-electron chi connectivity index (χ2n) is 8.05. The molecule has 2 N–H and O–H groups in total. The molecule has 9 heteroatoms. The zero-order chi connectivity index (χ0) is 23.1. The van der Waals surface area contributed by atoms with Crippen LogP contribution in [0.5, 0.6) is 5.75 Å². The summed E-state index contributed by atoms with van der Waals surface area (Å²) in [6, 6.07) is 12.6. The van der Waals surface area contributed by atoms with Gasteiger partial charge in [0.15, 0.2) is 11.6 Å². The van der Waals surface area contributed by atoms with Gasteiger partial charge in [0.25, 0.3) is 5.91 Å². The standard InChI is InChI=1S/C24H27N3O5S/c28-24(27-23-22(9-4-14-25-23)32-17-18-6-2-1-3-7-18)19-10-12-21(13-11-19)33(29,30)26-16-20-8-5-15-31-20/h4-5,8-15,18,26H,1-3,6-7,16-17H2,(H,25,27,28). The molecule has 1 aliphatic rings. The van der Waals surface area contributed by atoms with E-state index in [1.54, 1.807) is 30.5 Å². The van der Waals surface area contributed by atoms with Gasteiger partial charge >= 0.3 is 0 Å². The second kappa shape index (κ2) is 10.6. The first-order valence-electron chi connectivity index (χ1n) is 11.0. The number of sulfonamides is 1. The van der Waals surface area contributed by atoms with Crippen LogP contribution in [0.2, 0.25) is 0 Å². The average Bonchev–Trinajstić information content (AvgIpc) is 3.37. The molecule has 0 bridgehead atoms. The number of aromatic nitrogens is 1. The van der Waals surface area contributed by atoms with E-state index in [9.17, 15) is 13.2 Å². The van der Waals surface area contributed by atoms with Crippen LogP contribution in [0.4, 0.5) is 5.82 Å². The fraction of sp³-hybridized carbons (Fsp3) is 0.333. The molecule has 4 rings (SSSR count). The molecule has 1 fully saturated rings. The van der Waals surface area contributed by atoms with Crippen molar-refractivity contribution in [2.45, 2.75) is 43.5 Å². The molecular weight excluding hydrogens is 442 g/mol. The number of carbonyl (C=O) groups is 1. The van der Waals surface area contributed by atoms with Crippen molar-refractivity contribution in [3.05, 3.63) is 72.3 Å². The number of nitrogens with zero attached hydrogens (tertiary/aromatic N) is 1. The zero-order valence-electron chi connectivity index (χ0n) is 18.2. The third-order valence-electron chi connectivity index (χ3n) is 5.65. The number of hydrogen-bond donors (Lipinski definition) is 2. The second-order valence-corrected chi connectivity index (χ2v) is 9.81. The van der Waals surface area contributed by atoms with Crippen molar-refractivity contribution in [1.29, 1.82) is 0 Å². The van der Waals surface area contributed by atoms with Gasteiger partial charge in [0, 0.05) is 11.8 Å². The van der Waals surface area contributed by atoms with Crippen LogP contribution in [0.3, 0.4) is 0 Å². The highest BCUT2D eigenvalue weighted by Gasteiger charge is 2.18. The third kappa shape index (κ3) is 6.21. The van der Waals surface area contributed by atoms with Crippen LogP contribution in [-0.2, 0) is 16.6 Å². The van der Waals surface area contributed by atoms with Crippen LogP contribution in [-0.4, -0.2) is 25.9 Å². The van der Waals surface area contributed by atoms with Crippen molar-refractivity contribution >= 4 is 21.7 Å². The van der Waals surface area contributed by atoms with Crippen LogP contribution < -0.4 is 14.8 Å². The molecule has 0 radical (unpaired) electrons. The molecule has 0 spiro atoms. The number of anilines is 1. The lowest BCUT2D eigenvalue weighted by Gasteiger charge is -2.22. The van der Waals surface area contributed by atoms with Gasteiger partial charge in [0.05, 0.1) is 24.3 Å². The molecule has 174 valence electrons. The van der Waals surface area contributed by atoms with Crippen LogP contribution in [0.1, 0.15) is 48.2 Å². The minimum atomic E-state index is -3.74. The molecule has 1 aliphatic carbocycles. The van der Waals surface area contributed by atoms with Crippen molar-refractivity contribution < 1.29 is 22.4 Å². The predicted molar refractivity (Wildman–Crippen MR) is 123 cm³/mol. The topological polar surface area (TPSA) is 111 Å². The number of furan rings is 1. The van der Waals surface area contributed by atoms with Crippen molar-refractivity contribution in [1.82, 2.24) is 9.71 Å². The maximum atomic E-state index is 12.7. The van der Waals surface area contributed by atoms with Gasteiger partial charge in [-0.2, -0.15) is 0 Å². The molecule has 0 aliphatic heterocycles. The largest absolute Gasteiger partial charge is 0.489 e. The average molecular weight is 470 g/mol. The number of hydrogen-bond acceptors (Lipinski definition) is 6. The Hall–Kier alpha value is -3.17. The first-order chi connectivity index (χ1) is 16.0. The van der Waals surface area contributed by atoms with E-state index in [0.717, 1.165) is 12.8 Å². The summed E-state index contributed by atoms with van der Waals surface area (Å²) in [6.07, 6.45) is 9.13.